The predicted molar refractivity (Wildman–Crippen MR) is 58.4 cm³/mol. The first-order chi connectivity index (χ1) is 6.86. The second kappa shape index (κ2) is 6.06. The Morgan fingerprint density at radius 2 is 2.29 bits per heavy atom. The molecular weight excluding hydrogens is 174 g/mol. The molecule has 1 aromatic carbocycles. The molecule has 74 valence electrons. The summed E-state index contributed by atoms with van der Waals surface area (Å²) in [5.74, 6) is 7.02. The van der Waals surface area contributed by atoms with Crippen molar-refractivity contribution in [2.24, 2.45) is 0 Å². The van der Waals surface area contributed by atoms with Crippen molar-refractivity contribution >= 4 is 0 Å². The SMILES string of the molecule is CNCCC#Cc1cccc(OC)c1. The van der Waals surface area contributed by atoms with E-state index >= 15 is 0 Å². The number of rotatable bonds is 3. The molecule has 0 saturated heterocycles. The Bertz CT molecular complexity index is 336. The lowest BCUT2D eigenvalue weighted by molar-refractivity contribution is 0.414. The van der Waals surface area contributed by atoms with Crippen molar-refractivity contribution in [2.75, 3.05) is 20.7 Å². The molecule has 14 heavy (non-hydrogen) atoms. The van der Waals surface area contributed by atoms with Gasteiger partial charge in [-0.25, -0.2) is 0 Å². The zero-order valence-electron chi connectivity index (χ0n) is 8.63. The van der Waals surface area contributed by atoms with E-state index in [1.165, 1.54) is 0 Å². The third-order valence-electron chi connectivity index (χ3n) is 1.80. The average Bonchev–Trinajstić information content (AvgIpc) is 2.25. The summed E-state index contributed by atoms with van der Waals surface area (Å²) in [4.78, 5) is 0. The van der Waals surface area contributed by atoms with E-state index in [2.05, 4.69) is 17.2 Å². The van der Waals surface area contributed by atoms with Crippen LogP contribution in [-0.2, 0) is 0 Å². The van der Waals surface area contributed by atoms with Crippen LogP contribution in [0.5, 0.6) is 5.75 Å². The van der Waals surface area contributed by atoms with Gasteiger partial charge in [-0.05, 0) is 25.2 Å². The van der Waals surface area contributed by atoms with Crippen LogP contribution >= 0.6 is 0 Å². The Kier molecular flexibility index (Phi) is 4.60. The molecule has 1 aromatic rings. The monoisotopic (exact) mass is 189 g/mol. The van der Waals surface area contributed by atoms with Crippen LogP contribution in [0.1, 0.15) is 12.0 Å². The molecule has 0 radical (unpaired) electrons. The maximum absolute atomic E-state index is 5.10. The fourth-order valence-corrected chi connectivity index (χ4v) is 1.05. The quantitative estimate of drug-likeness (QED) is 0.576. The zero-order valence-corrected chi connectivity index (χ0v) is 8.63. The Labute approximate surface area is 85.3 Å². The van der Waals surface area contributed by atoms with Gasteiger partial charge in [0.1, 0.15) is 5.75 Å². The fraction of sp³-hybridized carbons (Fsp3) is 0.333. The minimum atomic E-state index is 0.852. The van der Waals surface area contributed by atoms with E-state index in [1.54, 1.807) is 7.11 Å². The van der Waals surface area contributed by atoms with Crippen molar-refractivity contribution < 1.29 is 4.74 Å². The summed E-state index contributed by atoms with van der Waals surface area (Å²) in [5, 5.41) is 3.05. The molecule has 2 nitrogen and oxygen atoms in total. The van der Waals surface area contributed by atoms with Crippen molar-refractivity contribution in [3.63, 3.8) is 0 Å². The second-order valence-corrected chi connectivity index (χ2v) is 2.89. The third-order valence-corrected chi connectivity index (χ3v) is 1.80. The summed E-state index contributed by atoms with van der Waals surface area (Å²) in [5.41, 5.74) is 1.00. The van der Waals surface area contributed by atoms with E-state index in [4.69, 9.17) is 4.74 Å². The van der Waals surface area contributed by atoms with E-state index < -0.39 is 0 Å². The Balaban J connectivity index is 2.60. The molecule has 0 fully saturated rings. The van der Waals surface area contributed by atoms with Crippen LogP contribution in [0, 0.1) is 11.8 Å². The summed E-state index contributed by atoms with van der Waals surface area (Å²) in [6.45, 7) is 0.928. The molecule has 0 heterocycles. The van der Waals surface area contributed by atoms with Crippen molar-refractivity contribution in [3.05, 3.63) is 29.8 Å². The van der Waals surface area contributed by atoms with Gasteiger partial charge in [-0.2, -0.15) is 0 Å². The normalized spacial score (nSPS) is 9.00. The minimum absolute atomic E-state index is 0.852. The summed E-state index contributed by atoms with van der Waals surface area (Å²) < 4.78 is 5.10. The first-order valence-electron chi connectivity index (χ1n) is 4.64. The van der Waals surface area contributed by atoms with Crippen molar-refractivity contribution in [2.45, 2.75) is 6.42 Å². The lowest BCUT2D eigenvalue weighted by atomic mass is 10.2. The van der Waals surface area contributed by atoms with Gasteiger partial charge < -0.3 is 10.1 Å². The molecule has 0 aliphatic carbocycles. The van der Waals surface area contributed by atoms with Gasteiger partial charge in [0.2, 0.25) is 0 Å². The maximum Gasteiger partial charge on any atom is 0.120 e. The summed E-state index contributed by atoms with van der Waals surface area (Å²) in [7, 11) is 3.58. The molecule has 0 amide bonds. The highest BCUT2D eigenvalue weighted by Crippen LogP contribution is 2.11. The Morgan fingerprint density at radius 1 is 1.43 bits per heavy atom. The molecule has 0 saturated carbocycles. The number of benzene rings is 1. The average molecular weight is 189 g/mol. The van der Waals surface area contributed by atoms with E-state index in [0.717, 1.165) is 24.3 Å². The minimum Gasteiger partial charge on any atom is -0.497 e. The van der Waals surface area contributed by atoms with Gasteiger partial charge in [-0.1, -0.05) is 17.9 Å². The first-order valence-corrected chi connectivity index (χ1v) is 4.64. The number of hydrogen-bond acceptors (Lipinski definition) is 2. The van der Waals surface area contributed by atoms with E-state index in [-0.39, 0.29) is 0 Å². The Morgan fingerprint density at radius 3 is 3.00 bits per heavy atom. The van der Waals surface area contributed by atoms with Crippen LogP contribution in [-0.4, -0.2) is 20.7 Å². The van der Waals surface area contributed by atoms with Gasteiger partial charge in [0.05, 0.1) is 7.11 Å². The topological polar surface area (TPSA) is 21.3 Å². The molecule has 0 aromatic heterocycles. The standard InChI is InChI=1S/C12H15NO/c1-13-9-4-3-6-11-7-5-8-12(10-11)14-2/h5,7-8,10,13H,4,9H2,1-2H3. The number of nitrogens with one attached hydrogen (secondary N) is 1. The van der Waals surface area contributed by atoms with Crippen LogP contribution in [0.4, 0.5) is 0 Å². The van der Waals surface area contributed by atoms with Crippen LogP contribution in [0.3, 0.4) is 0 Å². The van der Waals surface area contributed by atoms with Crippen molar-refractivity contribution in [3.8, 4) is 17.6 Å². The molecule has 0 aliphatic heterocycles. The van der Waals surface area contributed by atoms with Crippen molar-refractivity contribution in [1.82, 2.24) is 5.32 Å². The van der Waals surface area contributed by atoms with Gasteiger partial charge in [0, 0.05) is 18.5 Å². The predicted octanol–water partition coefficient (Wildman–Crippen LogP) is 1.66. The fourth-order valence-electron chi connectivity index (χ4n) is 1.05. The number of methoxy groups -OCH3 is 1. The lowest BCUT2D eigenvalue weighted by Crippen LogP contribution is -2.05. The largest absolute Gasteiger partial charge is 0.497 e. The van der Waals surface area contributed by atoms with E-state index in [9.17, 15) is 0 Å². The van der Waals surface area contributed by atoms with Gasteiger partial charge in [0.15, 0.2) is 0 Å². The molecule has 0 unspecified atom stereocenters. The Hall–Kier alpha value is -1.46. The van der Waals surface area contributed by atoms with E-state index in [0.29, 0.717) is 0 Å². The van der Waals surface area contributed by atoms with Crippen LogP contribution in [0.25, 0.3) is 0 Å². The third kappa shape index (κ3) is 3.51. The van der Waals surface area contributed by atoms with Gasteiger partial charge in [-0.15, -0.1) is 0 Å². The van der Waals surface area contributed by atoms with E-state index in [1.807, 2.05) is 31.3 Å². The summed E-state index contributed by atoms with van der Waals surface area (Å²) in [6, 6.07) is 7.78. The molecule has 0 atom stereocenters. The number of hydrogen-bond donors (Lipinski definition) is 1. The summed E-state index contributed by atoms with van der Waals surface area (Å²) in [6.07, 6.45) is 0.869. The maximum atomic E-state index is 5.10. The van der Waals surface area contributed by atoms with Crippen LogP contribution in [0.2, 0.25) is 0 Å². The summed E-state index contributed by atoms with van der Waals surface area (Å²) >= 11 is 0. The van der Waals surface area contributed by atoms with Crippen molar-refractivity contribution in [1.29, 1.82) is 0 Å². The molecule has 0 bridgehead atoms. The highest BCUT2D eigenvalue weighted by molar-refractivity contribution is 5.39. The second-order valence-electron chi connectivity index (χ2n) is 2.89. The zero-order chi connectivity index (χ0) is 10.2. The lowest BCUT2D eigenvalue weighted by Gasteiger charge is -1.98. The highest BCUT2D eigenvalue weighted by Gasteiger charge is 1.90. The number of ether oxygens (including phenoxy) is 1. The van der Waals surface area contributed by atoms with Gasteiger partial charge in [0.25, 0.3) is 0 Å². The van der Waals surface area contributed by atoms with Gasteiger partial charge in [-0.3, -0.25) is 0 Å². The first kappa shape index (κ1) is 10.6. The molecular formula is C12H15NO. The molecule has 1 rings (SSSR count). The van der Waals surface area contributed by atoms with Gasteiger partial charge >= 0.3 is 0 Å². The molecule has 1 N–H and O–H groups in total. The molecule has 2 heteroatoms. The highest BCUT2D eigenvalue weighted by atomic mass is 16.5. The molecule has 0 aliphatic rings. The van der Waals surface area contributed by atoms with Crippen LogP contribution in [0.15, 0.2) is 24.3 Å². The molecule has 0 spiro atoms. The van der Waals surface area contributed by atoms with Crippen LogP contribution < -0.4 is 10.1 Å². The smallest absolute Gasteiger partial charge is 0.120 e.